The molecule has 0 heterocycles. The van der Waals surface area contributed by atoms with Gasteiger partial charge in [0.2, 0.25) is 0 Å². The number of carboxylic acid groups (broad SMARTS) is 1. The minimum atomic E-state index is -1.09. The van der Waals surface area contributed by atoms with Gasteiger partial charge in [-0.1, -0.05) is 156 Å². The molecule has 0 fully saturated rings. The molecule has 0 radical (unpaired) electrons. The molecule has 0 saturated carbocycles. The first-order valence-corrected chi connectivity index (χ1v) is 18.9. The van der Waals surface area contributed by atoms with Crippen molar-refractivity contribution < 1.29 is 38.6 Å². The van der Waals surface area contributed by atoms with Gasteiger partial charge in [-0.25, -0.2) is 4.79 Å². The SMILES string of the molecule is C.CC(C)(C)C(=O)/C=C\C(=O)O.CCCC(=O)C(C)(C)C.CCCCC(=O)C(C)(C)C.CCOCC(=O)C(C)(C)C.Cc1ccccc1C(=O)C(C)(C)C. The number of Topliss-reactive ketones (excluding diaryl/α,β-unsaturated/α-hetero) is 4. The van der Waals surface area contributed by atoms with E-state index < -0.39 is 11.4 Å². The number of aryl methyl sites for hydroxylation is 1. The highest BCUT2D eigenvalue weighted by molar-refractivity contribution is 6.01. The molecule has 0 aliphatic rings. The number of allylic oxidation sites excluding steroid dienone is 1. The topological polar surface area (TPSA) is 132 Å². The molecule has 1 aromatic carbocycles. The molecule has 8 nitrogen and oxygen atoms in total. The first-order chi connectivity index (χ1) is 23.7. The molecular formula is C46H82O8. The number of carboxylic acids is 1. The van der Waals surface area contributed by atoms with Crippen molar-refractivity contribution in [2.24, 2.45) is 27.1 Å². The molecule has 0 unspecified atom stereocenters. The Bertz CT molecular complexity index is 1250. The highest BCUT2D eigenvalue weighted by Crippen LogP contribution is 2.23. The fourth-order valence-corrected chi connectivity index (χ4v) is 3.35. The monoisotopic (exact) mass is 763 g/mol. The van der Waals surface area contributed by atoms with Crippen LogP contribution < -0.4 is 0 Å². The predicted molar refractivity (Wildman–Crippen MR) is 227 cm³/mol. The second kappa shape index (κ2) is 28.2. The molecule has 0 aliphatic carbocycles. The van der Waals surface area contributed by atoms with Gasteiger partial charge in [-0.3, -0.25) is 24.0 Å². The van der Waals surface area contributed by atoms with Gasteiger partial charge in [0.25, 0.3) is 0 Å². The van der Waals surface area contributed by atoms with Crippen LogP contribution in [-0.4, -0.2) is 53.2 Å². The first kappa shape index (κ1) is 60.0. The molecule has 0 saturated heterocycles. The third kappa shape index (κ3) is 33.3. The van der Waals surface area contributed by atoms with Crippen LogP contribution in [0.25, 0.3) is 0 Å². The van der Waals surface area contributed by atoms with Gasteiger partial charge in [-0.15, -0.1) is 0 Å². The van der Waals surface area contributed by atoms with E-state index >= 15 is 0 Å². The molecule has 0 aliphatic heterocycles. The van der Waals surface area contributed by atoms with E-state index in [9.17, 15) is 28.8 Å². The quantitative estimate of drug-likeness (QED) is 0.174. The van der Waals surface area contributed by atoms with Gasteiger partial charge in [0, 0.05) is 58.2 Å². The van der Waals surface area contributed by atoms with Gasteiger partial charge in [0.1, 0.15) is 18.2 Å². The Hall–Kier alpha value is -3.26. The van der Waals surface area contributed by atoms with Gasteiger partial charge >= 0.3 is 5.97 Å². The number of ketones is 5. The van der Waals surface area contributed by atoms with Crippen molar-refractivity contribution in [3.63, 3.8) is 0 Å². The number of hydrogen-bond acceptors (Lipinski definition) is 7. The highest BCUT2D eigenvalue weighted by atomic mass is 16.5. The number of aliphatic carboxylic acids is 1. The molecule has 314 valence electrons. The van der Waals surface area contributed by atoms with Crippen LogP contribution in [0.4, 0.5) is 0 Å². The normalized spacial score (nSPS) is 11.4. The number of rotatable bonds is 11. The fraction of sp³-hybridized carbons (Fsp3) is 0.696. The van der Waals surface area contributed by atoms with Crippen molar-refractivity contribution in [2.45, 2.75) is 171 Å². The number of carbonyl (C=O) groups excluding carboxylic acids is 5. The summed E-state index contributed by atoms with van der Waals surface area (Å²) >= 11 is 0. The van der Waals surface area contributed by atoms with E-state index in [1.807, 2.05) is 128 Å². The Kier molecular flexibility index (Phi) is 31.3. The van der Waals surface area contributed by atoms with Crippen LogP contribution in [0.1, 0.15) is 180 Å². The minimum Gasteiger partial charge on any atom is -0.478 e. The van der Waals surface area contributed by atoms with E-state index in [4.69, 9.17) is 9.84 Å². The van der Waals surface area contributed by atoms with E-state index in [1.54, 1.807) is 20.8 Å². The van der Waals surface area contributed by atoms with Crippen molar-refractivity contribution in [1.82, 2.24) is 0 Å². The van der Waals surface area contributed by atoms with Crippen LogP contribution in [0.2, 0.25) is 0 Å². The van der Waals surface area contributed by atoms with Crippen LogP contribution in [0.15, 0.2) is 36.4 Å². The van der Waals surface area contributed by atoms with E-state index in [2.05, 4.69) is 6.92 Å². The lowest BCUT2D eigenvalue weighted by atomic mass is 9.85. The van der Waals surface area contributed by atoms with Gasteiger partial charge in [-0.05, 0) is 38.3 Å². The van der Waals surface area contributed by atoms with Crippen LogP contribution in [0.5, 0.6) is 0 Å². The van der Waals surface area contributed by atoms with Gasteiger partial charge in [0.05, 0.1) is 0 Å². The third-order valence-corrected chi connectivity index (χ3v) is 7.37. The first-order valence-electron chi connectivity index (χ1n) is 18.9. The molecule has 0 aromatic heterocycles. The zero-order valence-corrected chi connectivity index (χ0v) is 37.2. The number of hydrogen-bond donors (Lipinski definition) is 1. The van der Waals surface area contributed by atoms with Crippen molar-refractivity contribution in [1.29, 1.82) is 0 Å². The van der Waals surface area contributed by atoms with Crippen molar-refractivity contribution >= 4 is 34.9 Å². The van der Waals surface area contributed by atoms with Crippen LogP contribution in [0.3, 0.4) is 0 Å². The molecule has 1 aromatic rings. The Labute approximate surface area is 331 Å². The van der Waals surface area contributed by atoms with Crippen LogP contribution in [-0.2, 0) is 28.7 Å². The molecule has 54 heavy (non-hydrogen) atoms. The number of benzene rings is 1. The molecular weight excluding hydrogens is 680 g/mol. The molecule has 1 rings (SSSR count). The van der Waals surface area contributed by atoms with Gasteiger partial charge in [-0.2, -0.15) is 0 Å². The average molecular weight is 763 g/mol. The van der Waals surface area contributed by atoms with Crippen molar-refractivity contribution in [3.05, 3.63) is 47.5 Å². The fourth-order valence-electron chi connectivity index (χ4n) is 3.35. The Morgan fingerprint density at radius 3 is 1.31 bits per heavy atom. The number of carbonyl (C=O) groups is 6. The predicted octanol–water partition coefficient (Wildman–Crippen LogP) is 11.9. The van der Waals surface area contributed by atoms with Crippen LogP contribution >= 0.6 is 0 Å². The Balaban J connectivity index is -0.000000186. The smallest absolute Gasteiger partial charge is 0.328 e. The molecule has 0 spiro atoms. The van der Waals surface area contributed by atoms with E-state index in [0.717, 1.165) is 55.4 Å². The highest BCUT2D eigenvalue weighted by Gasteiger charge is 2.24. The third-order valence-electron chi connectivity index (χ3n) is 7.37. The largest absolute Gasteiger partial charge is 0.478 e. The zero-order chi connectivity index (χ0) is 43.0. The molecule has 8 heteroatoms. The lowest BCUT2D eigenvalue weighted by Gasteiger charge is -2.17. The Morgan fingerprint density at radius 1 is 0.593 bits per heavy atom. The summed E-state index contributed by atoms with van der Waals surface area (Å²) in [7, 11) is 0. The summed E-state index contributed by atoms with van der Waals surface area (Å²) in [5.41, 5.74) is 0.607. The molecule has 0 atom stereocenters. The van der Waals surface area contributed by atoms with Crippen molar-refractivity contribution in [3.8, 4) is 0 Å². The summed E-state index contributed by atoms with van der Waals surface area (Å²) in [5.74, 6) is -0.151. The second-order valence-corrected chi connectivity index (χ2v) is 18.2. The maximum Gasteiger partial charge on any atom is 0.328 e. The van der Waals surface area contributed by atoms with E-state index in [-0.39, 0.29) is 53.0 Å². The maximum atomic E-state index is 11.9. The summed E-state index contributed by atoms with van der Waals surface area (Å²) in [6.07, 6.45) is 6.54. The summed E-state index contributed by atoms with van der Waals surface area (Å²) in [4.78, 5) is 66.3. The summed E-state index contributed by atoms with van der Waals surface area (Å²) in [5, 5.41) is 8.19. The average Bonchev–Trinajstić information content (AvgIpc) is 3.00. The van der Waals surface area contributed by atoms with Gasteiger partial charge < -0.3 is 9.84 Å². The lowest BCUT2D eigenvalue weighted by molar-refractivity contribution is -0.132. The van der Waals surface area contributed by atoms with E-state index in [0.29, 0.717) is 18.2 Å². The number of unbranched alkanes of at least 4 members (excludes halogenated alkanes) is 1. The summed E-state index contributed by atoms with van der Waals surface area (Å²) < 4.78 is 4.97. The standard InChI is InChI=1S/C12H16O.C9H18O.C8H12O3.C8H16O2.C8H16O.CH4/c1-9-7-5-6-8-10(9)11(13)12(2,3)4;1-5-6-7-8(10)9(2,3)4;1-8(2,3)6(9)4-5-7(10)11;1-5-10-6-7(9)8(2,3)4;1-5-6-7(9)8(2,3)4;/h5-8H,1-4H3;5-7H2,1-4H3;4-5H,1-3H3,(H,10,11);5-6H2,1-4H3;5-6H2,1-4H3;1H4/b;;5-4-;;;. The zero-order valence-electron chi connectivity index (χ0n) is 37.2. The maximum absolute atomic E-state index is 11.9. The second-order valence-electron chi connectivity index (χ2n) is 18.2. The van der Waals surface area contributed by atoms with Crippen LogP contribution in [0, 0.1) is 34.0 Å². The summed E-state index contributed by atoms with van der Waals surface area (Å²) in [6, 6.07) is 7.72. The molecule has 0 bridgehead atoms. The van der Waals surface area contributed by atoms with Gasteiger partial charge in [0.15, 0.2) is 17.3 Å². The minimum absolute atomic E-state index is 0. The molecule has 0 amide bonds. The number of ether oxygens (including phenoxy) is 1. The van der Waals surface area contributed by atoms with Crippen molar-refractivity contribution in [2.75, 3.05) is 13.2 Å². The molecule has 1 N–H and O–H groups in total. The van der Waals surface area contributed by atoms with E-state index in [1.165, 1.54) is 0 Å². The Morgan fingerprint density at radius 2 is 1.02 bits per heavy atom. The summed E-state index contributed by atoms with van der Waals surface area (Å²) in [6.45, 7) is 37.4. The lowest BCUT2D eigenvalue weighted by Crippen LogP contribution is -2.24.